The quantitative estimate of drug-likeness (QED) is 0.766. The van der Waals surface area contributed by atoms with Crippen molar-refractivity contribution in [3.8, 4) is 5.75 Å². The van der Waals surface area contributed by atoms with Crippen molar-refractivity contribution in [1.29, 1.82) is 0 Å². The molecule has 0 unspecified atom stereocenters. The van der Waals surface area contributed by atoms with Gasteiger partial charge in [0.25, 0.3) is 0 Å². The van der Waals surface area contributed by atoms with E-state index in [9.17, 15) is 9.90 Å². The van der Waals surface area contributed by atoms with Gasteiger partial charge in [-0.3, -0.25) is 4.79 Å². The van der Waals surface area contributed by atoms with Crippen LogP contribution in [0.1, 0.15) is 41.3 Å². The molecule has 1 aliphatic rings. The Hall–Kier alpha value is -1.83. The first-order valence-electron chi connectivity index (χ1n) is 5.42. The van der Waals surface area contributed by atoms with Gasteiger partial charge in [0, 0.05) is 0 Å². The van der Waals surface area contributed by atoms with Gasteiger partial charge in [-0.25, -0.2) is 0 Å². The van der Waals surface area contributed by atoms with E-state index in [1.165, 1.54) is 5.57 Å². The number of hydrogen-bond donors (Lipinski definition) is 1. The van der Waals surface area contributed by atoms with Crippen molar-refractivity contribution in [1.82, 2.24) is 0 Å². The Labute approximate surface area is 94.9 Å². The zero-order valence-electron chi connectivity index (χ0n) is 9.23. The van der Waals surface area contributed by atoms with Crippen molar-refractivity contribution in [2.24, 2.45) is 0 Å². The smallest absolute Gasteiger partial charge is 0.153 e. The number of benzene rings is 1. The standard InChI is InChI=1S/C14H14O2/c1-2-10-4-3-5-11-8-14(16)13(9-15)7-12(11)6-10/h3,5-9,16H,2,4H2,1H3. The van der Waals surface area contributed by atoms with Crippen molar-refractivity contribution >= 4 is 18.4 Å². The van der Waals surface area contributed by atoms with E-state index in [4.69, 9.17) is 0 Å². The highest BCUT2D eigenvalue weighted by Crippen LogP contribution is 2.28. The number of aldehydes is 1. The number of phenols is 1. The lowest BCUT2D eigenvalue weighted by Gasteiger charge is -2.05. The minimum absolute atomic E-state index is 0.0479. The average Bonchev–Trinajstić information content (AvgIpc) is 2.49. The molecule has 1 aliphatic carbocycles. The third kappa shape index (κ3) is 1.91. The summed E-state index contributed by atoms with van der Waals surface area (Å²) >= 11 is 0. The molecule has 0 aliphatic heterocycles. The predicted molar refractivity (Wildman–Crippen MR) is 65.4 cm³/mol. The molecule has 0 saturated heterocycles. The first kappa shape index (κ1) is 10.7. The van der Waals surface area contributed by atoms with E-state index in [0.717, 1.165) is 24.0 Å². The number of carbonyl (C=O) groups excluding carboxylic acids is 1. The highest BCUT2D eigenvalue weighted by Gasteiger charge is 2.08. The third-order valence-electron chi connectivity index (χ3n) is 2.85. The zero-order valence-corrected chi connectivity index (χ0v) is 9.23. The molecule has 0 atom stereocenters. The van der Waals surface area contributed by atoms with Crippen molar-refractivity contribution in [2.45, 2.75) is 19.8 Å². The van der Waals surface area contributed by atoms with E-state index in [0.29, 0.717) is 11.8 Å². The fraction of sp³-hybridized carbons (Fsp3) is 0.214. The zero-order chi connectivity index (χ0) is 11.5. The van der Waals surface area contributed by atoms with Gasteiger partial charge >= 0.3 is 0 Å². The number of rotatable bonds is 2. The van der Waals surface area contributed by atoms with Crippen LogP contribution in [0.5, 0.6) is 5.75 Å². The molecule has 2 nitrogen and oxygen atoms in total. The number of phenolic OH excluding ortho intramolecular Hbond substituents is 1. The number of hydrogen-bond acceptors (Lipinski definition) is 2. The van der Waals surface area contributed by atoms with Gasteiger partial charge in [-0.2, -0.15) is 0 Å². The molecule has 16 heavy (non-hydrogen) atoms. The minimum atomic E-state index is 0.0479. The van der Waals surface area contributed by atoms with Gasteiger partial charge in [0.15, 0.2) is 6.29 Å². The molecule has 0 radical (unpaired) electrons. The lowest BCUT2D eigenvalue weighted by atomic mass is 10.0. The van der Waals surface area contributed by atoms with Gasteiger partial charge in [0.1, 0.15) is 5.75 Å². The number of allylic oxidation sites excluding steroid dienone is 2. The second-order valence-corrected chi connectivity index (χ2v) is 3.92. The van der Waals surface area contributed by atoms with Gasteiger partial charge < -0.3 is 5.11 Å². The van der Waals surface area contributed by atoms with Crippen LogP contribution in [0, 0.1) is 0 Å². The van der Waals surface area contributed by atoms with Crippen LogP contribution < -0.4 is 0 Å². The van der Waals surface area contributed by atoms with Crippen molar-refractivity contribution in [2.75, 3.05) is 0 Å². The summed E-state index contributed by atoms with van der Waals surface area (Å²) in [4.78, 5) is 10.8. The molecule has 0 bridgehead atoms. The molecular weight excluding hydrogens is 200 g/mol. The van der Waals surface area contributed by atoms with E-state index >= 15 is 0 Å². The van der Waals surface area contributed by atoms with Crippen LogP contribution in [0.3, 0.4) is 0 Å². The van der Waals surface area contributed by atoms with E-state index in [1.807, 2.05) is 6.08 Å². The average molecular weight is 214 g/mol. The van der Waals surface area contributed by atoms with E-state index < -0.39 is 0 Å². The number of fused-ring (bicyclic) bond motifs is 1. The van der Waals surface area contributed by atoms with Crippen LogP contribution in [-0.4, -0.2) is 11.4 Å². The lowest BCUT2D eigenvalue weighted by molar-refractivity contribution is 0.112. The Kier molecular flexibility index (Phi) is 2.91. The maximum Gasteiger partial charge on any atom is 0.153 e. The summed E-state index contributed by atoms with van der Waals surface area (Å²) in [7, 11) is 0. The fourth-order valence-electron chi connectivity index (χ4n) is 1.87. The summed E-state index contributed by atoms with van der Waals surface area (Å²) in [6.07, 6.45) is 8.79. The van der Waals surface area contributed by atoms with Crippen LogP contribution in [0.25, 0.3) is 12.2 Å². The Morgan fingerprint density at radius 3 is 2.88 bits per heavy atom. The topological polar surface area (TPSA) is 37.3 Å². The molecule has 2 rings (SSSR count). The Bertz CT molecular complexity index is 482. The van der Waals surface area contributed by atoms with Crippen LogP contribution in [-0.2, 0) is 0 Å². The summed E-state index contributed by atoms with van der Waals surface area (Å²) in [5, 5.41) is 9.60. The molecule has 0 aromatic heterocycles. The van der Waals surface area contributed by atoms with Gasteiger partial charge in [0.05, 0.1) is 5.56 Å². The monoisotopic (exact) mass is 214 g/mol. The predicted octanol–water partition coefficient (Wildman–Crippen LogP) is 3.42. The summed E-state index contributed by atoms with van der Waals surface area (Å²) < 4.78 is 0. The Morgan fingerprint density at radius 1 is 1.38 bits per heavy atom. The normalized spacial score (nSPS) is 13.9. The van der Waals surface area contributed by atoms with E-state index in [1.54, 1.807) is 12.1 Å². The maximum absolute atomic E-state index is 10.8. The first-order chi connectivity index (χ1) is 7.74. The van der Waals surface area contributed by atoms with Gasteiger partial charge in [0.2, 0.25) is 0 Å². The van der Waals surface area contributed by atoms with Crippen molar-refractivity contribution < 1.29 is 9.90 Å². The molecule has 1 aromatic rings. The Morgan fingerprint density at radius 2 is 2.19 bits per heavy atom. The lowest BCUT2D eigenvalue weighted by Crippen LogP contribution is -1.87. The molecule has 0 fully saturated rings. The SMILES string of the molecule is CCC1=Cc2cc(C=O)c(O)cc2C=CC1. The number of carbonyl (C=O) groups is 1. The second kappa shape index (κ2) is 4.35. The maximum atomic E-state index is 10.8. The summed E-state index contributed by atoms with van der Waals surface area (Å²) in [6, 6.07) is 3.38. The molecule has 2 heteroatoms. The summed E-state index contributed by atoms with van der Waals surface area (Å²) in [5.41, 5.74) is 3.65. The van der Waals surface area contributed by atoms with Crippen LogP contribution in [0.15, 0.2) is 23.8 Å². The Balaban J connectivity index is 2.59. The molecule has 0 spiro atoms. The number of aromatic hydroxyl groups is 1. The molecule has 82 valence electrons. The molecule has 1 N–H and O–H groups in total. The third-order valence-corrected chi connectivity index (χ3v) is 2.85. The minimum Gasteiger partial charge on any atom is -0.507 e. The highest BCUT2D eigenvalue weighted by atomic mass is 16.3. The van der Waals surface area contributed by atoms with Gasteiger partial charge in [-0.05, 0) is 36.1 Å². The van der Waals surface area contributed by atoms with Gasteiger partial charge in [-0.15, -0.1) is 0 Å². The van der Waals surface area contributed by atoms with Crippen molar-refractivity contribution in [3.63, 3.8) is 0 Å². The van der Waals surface area contributed by atoms with Crippen molar-refractivity contribution in [3.05, 3.63) is 40.5 Å². The van der Waals surface area contributed by atoms with Crippen LogP contribution in [0.4, 0.5) is 0 Å². The van der Waals surface area contributed by atoms with E-state index in [-0.39, 0.29) is 5.75 Å². The molecule has 1 aromatic carbocycles. The van der Waals surface area contributed by atoms with E-state index in [2.05, 4.69) is 19.1 Å². The highest BCUT2D eigenvalue weighted by molar-refractivity contribution is 5.83. The van der Waals surface area contributed by atoms with Gasteiger partial charge in [-0.1, -0.05) is 30.7 Å². The molecule has 0 amide bonds. The first-order valence-corrected chi connectivity index (χ1v) is 5.42. The summed E-state index contributed by atoms with van der Waals surface area (Å²) in [5.74, 6) is 0.0479. The fourth-order valence-corrected chi connectivity index (χ4v) is 1.87. The van der Waals surface area contributed by atoms with Crippen LogP contribution in [0.2, 0.25) is 0 Å². The summed E-state index contributed by atoms with van der Waals surface area (Å²) in [6.45, 7) is 2.12. The molecule has 0 saturated carbocycles. The largest absolute Gasteiger partial charge is 0.507 e. The molecule has 0 heterocycles. The molecular formula is C14H14O2. The second-order valence-electron chi connectivity index (χ2n) is 3.92. The van der Waals surface area contributed by atoms with Crippen LogP contribution >= 0.6 is 0 Å².